The van der Waals surface area contributed by atoms with E-state index in [4.69, 9.17) is 4.42 Å². The maximum absolute atomic E-state index is 13.1. The second-order valence-electron chi connectivity index (χ2n) is 7.38. The number of oxazole rings is 1. The number of carbonyl (C=O) groups excluding carboxylic acids is 1. The number of likely N-dealkylation sites (tertiary alicyclic amines) is 1. The first-order chi connectivity index (χ1) is 13.5. The quantitative estimate of drug-likeness (QED) is 0.665. The largest absolute Gasteiger partial charge is 0.443 e. The smallest absolute Gasteiger partial charge is 0.272 e. The number of hydrogen-bond donors (Lipinski definition) is 0. The predicted molar refractivity (Wildman–Crippen MR) is 101 cm³/mol. The first kappa shape index (κ1) is 18.4. The molecule has 146 valence electrons. The van der Waals surface area contributed by atoms with E-state index in [9.17, 15) is 9.18 Å². The highest BCUT2D eigenvalue weighted by Gasteiger charge is 2.35. The minimum absolute atomic E-state index is 0.0491. The number of aromatic nitrogens is 3. The van der Waals surface area contributed by atoms with Crippen molar-refractivity contribution in [3.63, 3.8) is 0 Å². The van der Waals surface area contributed by atoms with Crippen LogP contribution in [0.2, 0.25) is 0 Å². The number of carbonyl (C=O) groups is 1. The third kappa shape index (κ3) is 3.56. The molecule has 0 bridgehead atoms. The monoisotopic (exact) mass is 382 g/mol. The molecule has 3 aromatic rings. The number of nitrogens with zero attached hydrogens (tertiary/aromatic N) is 4. The molecule has 1 aliphatic rings. The molecule has 3 heterocycles. The fraction of sp³-hybridized carbons (Fsp3) is 0.381. The lowest BCUT2D eigenvalue weighted by molar-refractivity contribution is 0.0700. The van der Waals surface area contributed by atoms with Gasteiger partial charge in [0.05, 0.1) is 6.20 Å². The fourth-order valence-corrected chi connectivity index (χ4v) is 3.67. The molecule has 6 nitrogen and oxygen atoms in total. The average molecular weight is 382 g/mol. The van der Waals surface area contributed by atoms with E-state index in [1.54, 1.807) is 35.3 Å². The van der Waals surface area contributed by atoms with Crippen LogP contribution in [0.15, 0.2) is 47.1 Å². The highest BCUT2D eigenvalue weighted by molar-refractivity contribution is 5.93. The fourth-order valence-electron chi connectivity index (χ4n) is 3.67. The van der Waals surface area contributed by atoms with Crippen LogP contribution >= 0.6 is 0 Å². The maximum Gasteiger partial charge on any atom is 0.272 e. The molecule has 4 rings (SSSR count). The molecule has 1 saturated heterocycles. The molecule has 1 unspecified atom stereocenters. The minimum atomic E-state index is -0.261. The van der Waals surface area contributed by atoms with Crippen molar-refractivity contribution in [3.05, 3.63) is 71.5 Å². The van der Waals surface area contributed by atoms with Crippen LogP contribution in [0.25, 0.3) is 0 Å². The van der Waals surface area contributed by atoms with Crippen molar-refractivity contribution in [3.8, 4) is 0 Å². The summed E-state index contributed by atoms with van der Waals surface area (Å²) in [5.41, 5.74) is 1.53. The van der Waals surface area contributed by atoms with Gasteiger partial charge in [-0.05, 0) is 50.5 Å². The molecule has 0 saturated carbocycles. The Morgan fingerprint density at radius 1 is 1.29 bits per heavy atom. The molecule has 1 fully saturated rings. The van der Waals surface area contributed by atoms with Gasteiger partial charge in [-0.3, -0.25) is 9.48 Å². The second kappa shape index (κ2) is 7.58. The standard InChI is InChI=1S/C21H23FN4O2/c1-14(2)26-19(9-10-24-26)21(27)25-11-3-4-18(25)20-23-13-17(28-20)12-15-5-7-16(22)8-6-15/h5-10,13-14,18H,3-4,11-12H2,1-2H3. The highest BCUT2D eigenvalue weighted by atomic mass is 19.1. The van der Waals surface area contributed by atoms with Crippen LogP contribution in [0.4, 0.5) is 4.39 Å². The van der Waals surface area contributed by atoms with Gasteiger partial charge in [-0.2, -0.15) is 5.10 Å². The van der Waals surface area contributed by atoms with Crippen molar-refractivity contribution in [2.75, 3.05) is 6.54 Å². The third-order valence-corrected chi connectivity index (χ3v) is 5.04. The van der Waals surface area contributed by atoms with Crippen LogP contribution in [0.3, 0.4) is 0 Å². The number of rotatable bonds is 5. The molecule has 0 radical (unpaired) electrons. The Bertz CT molecular complexity index is 961. The van der Waals surface area contributed by atoms with E-state index >= 15 is 0 Å². The van der Waals surface area contributed by atoms with Gasteiger partial charge in [-0.25, -0.2) is 9.37 Å². The van der Waals surface area contributed by atoms with Gasteiger partial charge in [0, 0.05) is 25.2 Å². The van der Waals surface area contributed by atoms with Crippen LogP contribution in [0, 0.1) is 5.82 Å². The summed E-state index contributed by atoms with van der Waals surface area (Å²) in [4.78, 5) is 19.4. The van der Waals surface area contributed by atoms with Crippen molar-refractivity contribution in [2.45, 2.75) is 45.2 Å². The summed E-state index contributed by atoms with van der Waals surface area (Å²) in [6, 6.07) is 8.02. The molecule has 0 N–H and O–H groups in total. The molecule has 7 heteroatoms. The summed E-state index contributed by atoms with van der Waals surface area (Å²) in [6.45, 7) is 4.67. The molecule has 1 atom stereocenters. The highest BCUT2D eigenvalue weighted by Crippen LogP contribution is 2.33. The Morgan fingerprint density at radius 2 is 2.07 bits per heavy atom. The zero-order valence-electron chi connectivity index (χ0n) is 16.0. The van der Waals surface area contributed by atoms with E-state index in [-0.39, 0.29) is 23.8 Å². The van der Waals surface area contributed by atoms with Crippen LogP contribution in [-0.2, 0) is 6.42 Å². The van der Waals surface area contributed by atoms with E-state index in [1.807, 2.05) is 18.7 Å². The molecule has 1 amide bonds. The molecule has 0 aliphatic carbocycles. The van der Waals surface area contributed by atoms with Crippen molar-refractivity contribution < 1.29 is 13.6 Å². The number of hydrogen-bond acceptors (Lipinski definition) is 4. The maximum atomic E-state index is 13.1. The summed E-state index contributed by atoms with van der Waals surface area (Å²) in [5.74, 6) is 0.946. The molecule has 1 aliphatic heterocycles. The minimum Gasteiger partial charge on any atom is -0.443 e. The van der Waals surface area contributed by atoms with Gasteiger partial charge in [-0.15, -0.1) is 0 Å². The van der Waals surface area contributed by atoms with Gasteiger partial charge < -0.3 is 9.32 Å². The molecule has 2 aromatic heterocycles. The molecular formula is C21H23FN4O2. The lowest BCUT2D eigenvalue weighted by atomic mass is 10.1. The zero-order valence-corrected chi connectivity index (χ0v) is 16.0. The Labute approximate surface area is 163 Å². The Kier molecular flexibility index (Phi) is 4.98. The van der Waals surface area contributed by atoms with Crippen LogP contribution in [-0.4, -0.2) is 32.1 Å². The van der Waals surface area contributed by atoms with Gasteiger partial charge in [0.15, 0.2) is 0 Å². The van der Waals surface area contributed by atoms with Gasteiger partial charge in [0.25, 0.3) is 5.91 Å². The summed E-state index contributed by atoms with van der Waals surface area (Å²) in [5, 5.41) is 4.27. The van der Waals surface area contributed by atoms with Gasteiger partial charge in [-0.1, -0.05) is 12.1 Å². The summed E-state index contributed by atoms with van der Waals surface area (Å²) >= 11 is 0. The van der Waals surface area contributed by atoms with E-state index in [0.29, 0.717) is 30.3 Å². The lowest BCUT2D eigenvalue weighted by Gasteiger charge is -2.23. The second-order valence-corrected chi connectivity index (χ2v) is 7.38. The predicted octanol–water partition coefficient (Wildman–Crippen LogP) is 4.16. The Balaban J connectivity index is 1.52. The van der Waals surface area contributed by atoms with Crippen LogP contribution < -0.4 is 0 Å². The normalized spacial score (nSPS) is 16.9. The summed E-state index contributed by atoms with van der Waals surface area (Å²) < 4.78 is 20.8. The van der Waals surface area contributed by atoms with Crippen LogP contribution in [0.1, 0.15) is 66.5 Å². The van der Waals surface area contributed by atoms with E-state index < -0.39 is 0 Å². The Hall–Kier alpha value is -2.96. The van der Waals surface area contributed by atoms with Crippen molar-refractivity contribution >= 4 is 5.91 Å². The van der Waals surface area contributed by atoms with E-state index in [1.165, 1.54) is 12.1 Å². The first-order valence-electron chi connectivity index (χ1n) is 9.56. The average Bonchev–Trinajstić information content (AvgIpc) is 3.43. The van der Waals surface area contributed by atoms with Crippen molar-refractivity contribution in [2.24, 2.45) is 0 Å². The number of halogens is 1. The van der Waals surface area contributed by atoms with Gasteiger partial charge in [0.2, 0.25) is 5.89 Å². The van der Waals surface area contributed by atoms with Gasteiger partial charge in [0.1, 0.15) is 23.3 Å². The van der Waals surface area contributed by atoms with Crippen molar-refractivity contribution in [1.29, 1.82) is 0 Å². The van der Waals surface area contributed by atoms with Crippen molar-refractivity contribution in [1.82, 2.24) is 19.7 Å². The summed E-state index contributed by atoms with van der Waals surface area (Å²) in [7, 11) is 0. The first-order valence-corrected chi connectivity index (χ1v) is 9.56. The summed E-state index contributed by atoms with van der Waals surface area (Å²) in [6.07, 6.45) is 5.61. The van der Waals surface area contributed by atoms with E-state index in [2.05, 4.69) is 10.1 Å². The topological polar surface area (TPSA) is 64.2 Å². The van der Waals surface area contributed by atoms with Crippen LogP contribution in [0.5, 0.6) is 0 Å². The molecule has 1 aromatic carbocycles. The third-order valence-electron chi connectivity index (χ3n) is 5.04. The lowest BCUT2D eigenvalue weighted by Crippen LogP contribution is -2.32. The molecular weight excluding hydrogens is 359 g/mol. The Morgan fingerprint density at radius 3 is 2.82 bits per heavy atom. The number of benzene rings is 1. The van der Waals surface area contributed by atoms with E-state index in [0.717, 1.165) is 18.4 Å². The SMILES string of the molecule is CC(C)n1nccc1C(=O)N1CCCC1c1ncc(Cc2ccc(F)cc2)o1. The number of amides is 1. The van der Waals surface area contributed by atoms with Gasteiger partial charge >= 0.3 is 0 Å². The zero-order chi connectivity index (χ0) is 19.7. The molecule has 28 heavy (non-hydrogen) atoms. The molecule has 0 spiro atoms.